The summed E-state index contributed by atoms with van der Waals surface area (Å²) < 4.78 is 28.7. The Kier molecular flexibility index (Phi) is 8.55. The average Bonchev–Trinajstić information content (AvgIpc) is 3.11. The molecule has 0 spiro atoms. The van der Waals surface area contributed by atoms with Gasteiger partial charge in [-0.1, -0.05) is 50.5 Å². The van der Waals surface area contributed by atoms with Gasteiger partial charge in [-0.25, -0.2) is 8.78 Å². The van der Waals surface area contributed by atoms with Crippen molar-refractivity contribution in [3.05, 3.63) is 74.3 Å². The van der Waals surface area contributed by atoms with Gasteiger partial charge in [0.25, 0.3) is 0 Å². The summed E-state index contributed by atoms with van der Waals surface area (Å²) in [5.41, 5.74) is 10.6. The van der Waals surface area contributed by atoms with E-state index in [0.29, 0.717) is 12.2 Å². The summed E-state index contributed by atoms with van der Waals surface area (Å²) in [7, 11) is 0. The van der Waals surface area contributed by atoms with E-state index in [0.717, 1.165) is 125 Å². The van der Waals surface area contributed by atoms with Crippen molar-refractivity contribution in [3.8, 4) is 22.6 Å². The van der Waals surface area contributed by atoms with Gasteiger partial charge in [-0.2, -0.15) is 0 Å². The number of aryl methyl sites for hydroxylation is 1. The number of anilines is 1. The number of hydrogen-bond donors (Lipinski definition) is 0. The molecule has 5 aliphatic rings. The molecule has 0 fully saturated rings. The molecule has 6 nitrogen and oxygen atoms in total. The van der Waals surface area contributed by atoms with E-state index in [1.165, 1.54) is 44.9 Å². The van der Waals surface area contributed by atoms with Crippen molar-refractivity contribution >= 4 is 28.6 Å². The topological polar surface area (TPSA) is 58.9 Å². The molecule has 0 saturated carbocycles. The predicted octanol–water partition coefficient (Wildman–Crippen LogP) is 6.20. The first-order valence-electron chi connectivity index (χ1n) is 18.2. The van der Waals surface area contributed by atoms with Gasteiger partial charge in [0.1, 0.15) is 29.8 Å². The van der Waals surface area contributed by atoms with Crippen LogP contribution >= 0.6 is 0 Å². The Morgan fingerprint density at radius 3 is 2.55 bits per heavy atom. The molecule has 0 radical (unpaired) electrons. The third-order valence-corrected chi connectivity index (χ3v) is 12.2. The number of fused-ring (bicyclic) bond motifs is 4. The standard InChI is InChI=1S/C40H47N2O4S/c1-3-4-5-8-23-45-47(44)26(2)38(43)30-15-7-6-14-29(30)35-31-16-10-21-42-22-12-18-33(37(31)42)40-34(35)25-28-24-27-13-9-19-41-20-11-17-32(36(27)41)39(28)46-40/h6-7,14-15,24-26H,3-5,8-13,16-23H2,1-2H3/q+1. The van der Waals surface area contributed by atoms with Crippen molar-refractivity contribution in [3.63, 3.8) is 0 Å². The summed E-state index contributed by atoms with van der Waals surface area (Å²) in [6.07, 6.45) is 15.3. The van der Waals surface area contributed by atoms with Gasteiger partial charge < -0.3 is 9.64 Å². The molecular formula is C40H47N2O4S+. The lowest BCUT2D eigenvalue weighted by atomic mass is 9.80. The summed E-state index contributed by atoms with van der Waals surface area (Å²) in [5.74, 6) is 1.90. The summed E-state index contributed by atoms with van der Waals surface area (Å²) >= 11 is -1.70. The lowest BCUT2D eigenvalue weighted by molar-refractivity contribution is 0.0990. The molecule has 246 valence electrons. The SMILES string of the molecule is CCCCCCOS(=O)C(C)C(=O)c1ccccc1-c1c2c(c3c4c1CCCN4CCC3)Oc1c3c4c(cc1=C2)CCC[N+]=4CCC3. The van der Waals surface area contributed by atoms with Gasteiger partial charge in [0, 0.05) is 59.1 Å². The quantitative estimate of drug-likeness (QED) is 0.116. The Morgan fingerprint density at radius 1 is 0.957 bits per heavy atom. The van der Waals surface area contributed by atoms with E-state index in [9.17, 15) is 9.00 Å². The summed E-state index contributed by atoms with van der Waals surface area (Å²) in [5, 5.41) is 1.84. The molecular weight excluding hydrogens is 605 g/mol. The first kappa shape index (κ1) is 31.0. The Morgan fingerprint density at radius 2 is 1.72 bits per heavy atom. The minimum Gasteiger partial charge on any atom is -0.455 e. The number of benzene rings is 3. The Labute approximate surface area is 281 Å². The maximum atomic E-state index is 14.2. The van der Waals surface area contributed by atoms with Crippen LogP contribution < -0.4 is 24.8 Å². The van der Waals surface area contributed by atoms with Crippen molar-refractivity contribution in [1.82, 2.24) is 4.58 Å². The molecule has 2 unspecified atom stereocenters. The minimum atomic E-state index is -1.70. The van der Waals surface area contributed by atoms with E-state index in [4.69, 9.17) is 8.92 Å². The molecule has 0 aromatic heterocycles. The van der Waals surface area contributed by atoms with Gasteiger partial charge in [0.05, 0.1) is 12.2 Å². The monoisotopic (exact) mass is 651 g/mol. The summed E-state index contributed by atoms with van der Waals surface area (Å²) in [6.45, 7) is 8.71. The zero-order valence-electron chi connectivity index (χ0n) is 28.0. The fourth-order valence-corrected chi connectivity index (χ4v) is 9.62. The molecule has 0 bridgehead atoms. The third kappa shape index (κ3) is 5.38. The number of carbonyl (C=O) groups excluding carboxylic acids is 1. The van der Waals surface area contributed by atoms with Crippen molar-refractivity contribution in [1.29, 1.82) is 0 Å². The Hall–Kier alpha value is -3.29. The Bertz CT molecular complexity index is 1910. The maximum Gasteiger partial charge on any atom is 0.210 e. The zero-order valence-corrected chi connectivity index (χ0v) is 28.8. The molecule has 0 amide bonds. The highest BCUT2D eigenvalue weighted by molar-refractivity contribution is 7.81. The minimum absolute atomic E-state index is 0.130. The number of ketones is 1. The second-order valence-corrected chi connectivity index (χ2v) is 15.5. The molecule has 0 saturated heterocycles. The largest absolute Gasteiger partial charge is 0.455 e. The number of ether oxygens (including phenoxy) is 1. The lowest BCUT2D eigenvalue weighted by Crippen LogP contribution is -2.45. The van der Waals surface area contributed by atoms with Gasteiger partial charge in [-0.3, -0.25) is 8.98 Å². The van der Waals surface area contributed by atoms with Crippen LogP contribution in [-0.4, -0.2) is 48.0 Å². The predicted molar refractivity (Wildman–Crippen MR) is 190 cm³/mol. The van der Waals surface area contributed by atoms with E-state index in [1.54, 1.807) is 6.92 Å². The van der Waals surface area contributed by atoms with Crippen LogP contribution in [0, 0.1) is 0 Å². The van der Waals surface area contributed by atoms with Crippen LogP contribution in [-0.2, 0) is 40.9 Å². The van der Waals surface area contributed by atoms with Crippen LogP contribution in [0.1, 0.15) is 103 Å². The second kappa shape index (κ2) is 13.0. The molecule has 3 aromatic rings. The molecule has 8 rings (SSSR count). The highest BCUT2D eigenvalue weighted by Crippen LogP contribution is 2.51. The van der Waals surface area contributed by atoms with Crippen LogP contribution in [0.15, 0.2) is 30.3 Å². The molecule has 47 heavy (non-hydrogen) atoms. The highest BCUT2D eigenvalue weighted by Gasteiger charge is 2.37. The van der Waals surface area contributed by atoms with Crippen LogP contribution in [0.2, 0.25) is 0 Å². The maximum absolute atomic E-state index is 14.2. The Balaban J connectivity index is 1.29. The number of nitrogens with zero attached hydrogens (tertiary/aromatic N) is 2. The van der Waals surface area contributed by atoms with Crippen LogP contribution in [0.3, 0.4) is 0 Å². The van der Waals surface area contributed by atoms with E-state index < -0.39 is 16.3 Å². The third-order valence-electron chi connectivity index (χ3n) is 11.0. The van der Waals surface area contributed by atoms with Gasteiger partial charge in [0.2, 0.25) is 5.36 Å². The van der Waals surface area contributed by atoms with Gasteiger partial charge in [-0.05, 0) is 80.7 Å². The van der Waals surface area contributed by atoms with Crippen LogP contribution in [0.25, 0.3) is 17.2 Å². The van der Waals surface area contributed by atoms with Gasteiger partial charge in [0.15, 0.2) is 16.9 Å². The number of hydrogen-bond acceptors (Lipinski definition) is 5. The molecule has 2 atom stereocenters. The average molecular weight is 652 g/mol. The number of unbranched alkanes of at least 4 members (excludes halogenated alkanes) is 3. The van der Waals surface area contributed by atoms with Crippen molar-refractivity contribution in [2.45, 2.75) is 96.1 Å². The van der Waals surface area contributed by atoms with Crippen molar-refractivity contribution in [2.75, 3.05) is 37.7 Å². The van der Waals surface area contributed by atoms with E-state index >= 15 is 0 Å². The molecule has 7 heteroatoms. The molecule has 0 aliphatic carbocycles. The van der Waals surface area contributed by atoms with Crippen molar-refractivity contribution < 1.29 is 17.9 Å². The van der Waals surface area contributed by atoms with Gasteiger partial charge in [-0.15, -0.1) is 0 Å². The lowest BCUT2D eigenvalue weighted by Gasteiger charge is -2.40. The van der Waals surface area contributed by atoms with E-state index in [1.807, 2.05) is 18.2 Å². The number of Topliss-reactive ketones (excluding diaryl/α,β-unsaturated/α-hetero) is 1. The normalized spacial score (nSPS) is 18.6. The summed E-state index contributed by atoms with van der Waals surface area (Å²) in [6, 6.07) is 10.4. The molecule has 5 heterocycles. The molecule has 0 N–H and O–H groups in total. The van der Waals surface area contributed by atoms with Crippen molar-refractivity contribution in [2.24, 2.45) is 0 Å². The zero-order chi connectivity index (χ0) is 32.1. The number of carbonyl (C=O) groups is 1. The molecule has 3 aromatic carbocycles. The van der Waals surface area contributed by atoms with Gasteiger partial charge >= 0.3 is 0 Å². The first-order chi connectivity index (χ1) is 23.0. The first-order valence-corrected chi connectivity index (χ1v) is 19.3. The van der Waals surface area contributed by atoms with E-state index in [-0.39, 0.29) is 5.78 Å². The smallest absolute Gasteiger partial charge is 0.210 e. The highest BCUT2D eigenvalue weighted by atomic mass is 32.2. The van der Waals surface area contributed by atoms with E-state index in [2.05, 4.69) is 34.6 Å². The summed E-state index contributed by atoms with van der Waals surface area (Å²) in [4.78, 5) is 16.8. The fourth-order valence-electron chi connectivity index (χ4n) is 8.83. The van der Waals surface area contributed by atoms with Crippen LogP contribution in [0.4, 0.5) is 5.69 Å². The number of rotatable bonds is 10. The molecule has 5 aliphatic heterocycles. The second-order valence-electron chi connectivity index (χ2n) is 14.0. The van der Waals surface area contributed by atoms with Crippen LogP contribution in [0.5, 0.6) is 11.5 Å². The fraction of sp³-hybridized carbons (Fsp3) is 0.500.